The first kappa shape index (κ1) is 18.5. The summed E-state index contributed by atoms with van der Waals surface area (Å²) in [5, 5.41) is 17.0. The first-order valence-corrected chi connectivity index (χ1v) is 10.1. The number of ether oxygens (including phenoxy) is 2. The lowest BCUT2D eigenvalue weighted by Crippen LogP contribution is -2.25. The summed E-state index contributed by atoms with van der Waals surface area (Å²) in [5.41, 5.74) is 0. The van der Waals surface area contributed by atoms with Crippen molar-refractivity contribution < 1.29 is 14.6 Å². The van der Waals surface area contributed by atoms with Gasteiger partial charge < -0.3 is 14.6 Å². The van der Waals surface area contributed by atoms with Crippen molar-refractivity contribution in [2.75, 3.05) is 13.2 Å². The highest BCUT2D eigenvalue weighted by Crippen LogP contribution is 2.35. The van der Waals surface area contributed by atoms with Crippen molar-refractivity contribution in [1.82, 2.24) is 0 Å². The number of rotatable bonds is 6. The molecule has 0 saturated carbocycles. The van der Waals surface area contributed by atoms with Gasteiger partial charge in [-0.1, -0.05) is 84.9 Å². The zero-order valence-electron chi connectivity index (χ0n) is 16.5. The molecule has 0 aliphatic heterocycles. The van der Waals surface area contributed by atoms with Crippen LogP contribution in [-0.2, 0) is 0 Å². The van der Waals surface area contributed by atoms with Crippen LogP contribution in [-0.4, -0.2) is 24.4 Å². The van der Waals surface area contributed by atoms with E-state index < -0.39 is 6.10 Å². The molecular formula is C27H22O3. The van der Waals surface area contributed by atoms with Gasteiger partial charge in [0.2, 0.25) is 0 Å². The smallest absolute Gasteiger partial charge is 0.135 e. The second-order valence-corrected chi connectivity index (χ2v) is 7.40. The molecule has 3 heteroatoms. The average molecular weight is 394 g/mol. The Hall–Kier alpha value is -3.56. The number of hydrogen-bond donors (Lipinski definition) is 1. The van der Waals surface area contributed by atoms with Crippen LogP contribution in [0.1, 0.15) is 0 Å². The zero-order chi connectivity index (χ0) is 20.3. The standard InChI is InChI=1S/C27H22O3/c28-22(17-29-26-15-7-11-19-8-1-4-12-23(19)26)18-30-27-24-13-5-2-9-20(24)16-21-10-3-6-14-25(21)27/h1-16,22,28H,17-18H2. The molecule has 0 heterocycles. The normalized spacial score (nSPS) is 12.3. The van der Waals surface area contributed by atoms with Gasteiger partial charge in [-0.2, -0.15) is 0 Å². The maximum absolute atomic E-state index is 10.5. The van der Waals surface area contributed by atoms with Crippen LogP contribution < -0.4 is 9.47 Å². The Morgan fingerprint density at radius 3 is 1.80 bits per heavy atom. The second-order valence-electron chi connectivity index (χ2n) is 7.40. The minimum Gasteiger partial charge on any atom is -0.490 e. The molecule has 0 radical (unpaired) electrons. The fraction of sp³-hybridized carbons (Fsp3) is 0.111. The van der Waals surface area contributed by atoms with Crippen molar-refractivity contribution in [2.45, 2.75) is 6.10 Å². The number of benzene rings is 5. The Balaban J connectivity index is 1.35. The van der Waals surface area contributed by atoms with E-state index in [4.69, 9.17) is 9.47 Å². The van der Waals surface area contributed by atoms with Gasteiger partial charge in [0.25, 0.3) is 0 Å². The van der Waals surface area contributed by atoms with E-state index in [1.54, 1.807) is 0 Å². The van der Waals surface area contributed by atoms with Crippen molar-refractivity contribution in [3.05, 3.63) is 97.1 Å². The van der Waals surface area contributed by atoms with Gasteiger partial charge in [0.05, 0.1) is 0 Å². The molecule has 148 valence electrons. The minimum absolute atomic E-state index is 0.156. The molecule has 0 amide bonds. The first-order chi connectivity index (χ1) is 14.8. The highest BCUT2D eigenvalue weighted by molar-refractivity contribution is 6.05. The highest BCUT2D eigenvalue weighted by atomic mass is 16.5. The van der Waals surface area contributed by atoms with E-state index in [-0.39, 0.29) is 13.2 Å². The fourth-order valence-corrected chi connectivity index (χ4v) is 3.86. The maximum Gasteiger partial charge on any atom is 0.135 e. The lowest BCUT2D eigenvalue weighted by molar-refractivity contribution is 0.0642. The van der Waals surface area contributed by atoms with Gasteiger partial charge in [0.1, 0.15) is 30.8 Å². The van der Waals surface area contributed by atoms with Gasteiger partial charge in [0.15, 0.2) is 0 Å². The van der Waals surface area contributed by atoms with Gasteiger partial charge >= 0.3 is 0 Å². The summed E-state index contributed by atoms with van der Waals surface area (Å²) >= 11 is 0. The van der Waals surface area contributed by atoms with Crippen LogP contribution >= 0.6 is 0 Å². The predicted molar refractivity (Wildman–Crippen MR) is 122 cm³/mol. The second kappa shape index (κ2) is 8.05. The lowest BCUT2D eigenvalue weighted by atomic mass is 10.0. The topological polar surface area (TPSA) is 38.7 Å². The van der Waals surface area contributed by atoms with Crippen molar-refractivity contribution in [3.8, 4) is 11.5 Å². The van der Waals surface area contributed by atoms with E-state index in [0.29, 0.717) is 0 Å². The Kier molecular flexibility index (Phi) is 4.96. The summed E-state index contributed by atoms with van der Waals surface area (Å²) in [4.78, 5) is 0. The van der Waals surface area contributed by atoms with E-state index in [9.17, 15) is 5.11 Å². The average Bonchev–Trinajstić information content (AvgIpc) is 2.80. The molecule has 3 nitrogen and oxygen atoms in total. The van der Waals surface area contributed by atoms with Crippen LogP contribution in [0.3, 0.4) is 0 Å². The van der Waals surface area contributed by atoms with Crippen LogP contribution in [0, 0.1) is 0 Å². The highest BCUT2D eigenvalue weighted by Gasteiger charge is 2.12. The summed E-state index contributed by atoms with van der Waals surface area (Å²) in [5.74, 6) is 1.57. The van der Waals surface area contributed by atoms with Crippen molar-refractivity contribution in [1.29, 1.82) is 0 Å². The molecule has 0 spiro atoms. The van der Waals surface area contributed by atoms with Crippen LogP contribution in [0.2, 0.25) is 0 Å². The summed E-state index contributed by atoms with van der Waals surface area (Å²) in [6.07, 6.45) is -0.748. The Morgan fingerprint density at radius 1 is 0.567 bits per heavy atom. The van der Waals surface area contributed by atoms with E-state index in [0.717, 1.165) is 43.8 Å². The molecular weight excluding hydrogens is 372 g/mol. The van der Waals surface area contributed by atoms with E-state index in [1.807, 2.05) is 66.7 Å². The van der Waals surface area contributed by atoms with Crippen LogP contribution in [0.25, 0.3) is 32.3 Å². The molecule has 1 atom stereocenters. The molecule has 1 N–H and O–H groups in total. The third-order valence-electron chi connectivity index (χ3n) is 5.32. The number of fused-ring (bicyclic) bond motifs is 3. The summed E-state index contributed by atoms with van der Waals surface area (Å²) in [7, 11) is 0. The molecule has 0 fully saturated rings. The molecule has 0 saturated heterocycles. The molecule has 0 bridgehead atoms. The molecule has 5 aromatic rings. The Bertz CT molecular complexity index is 1270. The third-order valence-corrected chi connectivity index (χ3v) is 5.32. The largest absolute Gasteiger partial charge is 0.490 e. The van der Waals surface area contributed by atoms with Gasteiger partial charge in [-0.15, -0.1) is 0 Å². The molecule has 5 aromatic carbocycles. The number of aliphatic hydroxyl groups is 1. The molecule has 1 unspecified atom stereocenters. The van der Waals surface area contributed by atoms with Crippen molar-refractivity contribution in [2.24, 2.45) is 0 Å². The molecule has 30 heavy (non-hydrogen) atoms. The summed E-state index contributed by atoms with van der Waals surface area (Å²) in [6, 6.07) is 32.5. The SMILES string of the molecule is OC(COc1cccc2ccccc12)COc1c2ccccc2cc2ccccc12. The van der Waals surface area contributed by atoms with Crippen molar-refractivity contribution >= 4 is 32.3 Å². The summed E-state index contributed by atoms with van der Waals surface area (Å²) in [6.45, 7) is 0.319. The van der Waals surface area contributed by atoms with Gasteiger partial charge in [-0.3, -0.25) is 0 Å². The van der Waals surface area contributed by atoms with Gasteiger partial charge in [0, 0.05) is 16.2 Å². The Labute approximate surface area is 175 Å². The van der Waals surface area contributed by atoms with E-state index >= 15 is 0 Å². The van der Waals surface area contributed by atoms with Crippen LogP contribution in [0.15, 0.2) is 97.1 Å². The van der Waals surface area contributed by atoms with Crippen LogP contribution in [0.4, 0.5) is 0 Å². The molecule has 5 rings (SSSR count). The Morgan fingerprint density at radius 2 is 1.10 bits per heavy atom. The maximum atomic E-state index is 10.5. The zero-order valence-corrected chi connectivity index (χ0v) is 16.5. The monoisotopic (exact) mass is 394 g/mol. The number of hydrogen-bond acceptors (Lipinski definition) is 3. The first-order valence-electron chi connectivity index (χ1n) is 10.1. The number of aliphatic hydroxyl groups excluding tert-OH is 1. The molecule has 0 aliphatic rings. The van der Waals surface area contributed by atoms with E-state index in [2.05, 4.69) is 30.3 Å². The van der Waals surface area contributed by atoms with E-state index in [1.165, 1.54) is 0 Å². The third kappa shape index (κ3) is 3.56. The van der Waals surface area contributed by atoms with Gasteiger partial charge in [-0.25, -0.2) is 0 Å². The molecule has 0 aromatic heterocycles. The quantitative estimate of drug-likeness (QED) is 0.361. The predicted octanol–water partition coefficient (Wildman–Crippen LogP) is 5.96. The summed E-state index contributed by atoms with van der Waals surface area (Å²) < 4.78 is 12.1. The van der Waals surface area contributed by atoms with Crippen LogP contribution in [0.5, 0.6) is 11.5 Å². The van der Waals surface area contributed by atoms with Crippen molar-refractivity contribution in [3.63, 3.8) is 0 Å². The lowest BCUT2D eigenvalue weighted by Gasteiger charge is -2.17. The minimum atomic E-state index is -0.748. The van der Waals surface area contributed by atoms with Gasteiger partial charge in [-0.05, 0) is 28.3 Å². The molecule has 0 aliphatic carbocycles. The fourth-order valence-electron chi connectivity index (χ4n) is 3.86.